The zero-order valence-corrected chi connectivity index (χ0v) is 14.2. The standard InChI is InChI=1S/C15H21BrClNO2/c1-3-7-19-15-12(18-4-2)9-14(15)20-13-6-5-10(16)8-11(13)17/h5-6,8,12,14-15,18H,3-4,7,9H2,1-2H3. The zero-order chi connectivity index (χ0) is 14.5. The summed E-state index contributed by atoms with van der Waals surface area (Å²) in [5, 5.41) is 4.06. The number of benzene rings is 1. The molecule has 1 aromatic carbocycles. The molecule has 20 heavy (non-hydrogen) atoms. The second-order valence-corrected chi connectivity index (χ2v) is 6.29. The largest absolute Gasteiger partial charge is 0.486 e. The van der Waals surface area contributed by atoms with Gasteiger partial charge in [-0.3, -0.25) is 0 Å². The molecule has 1 fully saturated rings. The average Bonchev–Trinajstić information content (AvgIpc) is 2.40. The fourth-order valence-electron chi connectivity index (χ4n) is 2.37. The van der Waals surface area contributed by atoms with Crippen LogP contribution in [0.3, 0.4) is 0 Å². The van der Waals surface area contributed by atoms with Crippen molar-refractivity contribution in [3.05, 3.63) is 27.7 Å². The van der Waals surface area contributed by atoms with Gasteiger partial charge in [0.1, 0.15) is 18.0 Å². The lowest BCUT2D eigenvalue weighted by Gasteiger charge is -2.44. The Hall–Kier alpha value is -0.290. The number of hydrogen-bond acceptors (Lipinski definition) is 3. The lowest BCUT2D eigenvalue weighted by molar-refractivity contribution is -0.107. The molecular formula is C15H21BrClNO2. The Balaban J connectivity index is 1.97. The highest BCUT2D eigenvalue weighted by atomic mass is 79.9. The summed E-state index contributed by atoms with van der Waals surface area (Å²) < 4.78 is 12.9. The van der Waals surface area contributed by atoms with Gasteiger partial charge in [-0.15, -0.1) is 0 Å². The number of nitrogens with one attached hydrogen (secondary N) is 1. The van der Waals surface area contributed by atoms with E-state index in [1.165, 1.54) is 0 Å². The van der Waals surface area contributed by atoms with E-state index in [-0.39, 0.29) is 12.2 Å². The van der Waals surface area contributed by atoms with Crippen LogP contribution < -0.4 is 10.1 Å². The van der Waals surface area contributed by atoms with Gasteiger partial charge >= 0.3 is 0 Å². The van der Waals surface area contributed by atoms with Crippen molar-refractivity contribution in [1.29, 1.82) is 0 Å². The molecule has 0 saturated heterocycles. The molecule has 5 heteroatoms. The van der Waals surface area contributed by atoms with E-state index in [9.17, 15) is 0 Å². The van der Waals surface area contributed by atoms with E-state index in [1.807, 2.05) is 18.2 Å². The molecule has 0 bridgehead atoms. The minimum Gasteiger partial charge on any atom is -0.486 e. The summed E-state index contributed by atoms with van der Waals surface area (Å²) in [6.45, 7) is 5.93. The van der Waals surface area contributed by atoms with Gasteiger partial charge in [-0.1, -0.05) is 41.4 Å². The van der Waals surface area contributed by atoms with Crippen LogP contribution in [0.25, 0.3) is 0 Å². The molecule has 0 spiro atoms. The number of rotatable bonds is 7. The summed E-state index contributed by atoms with van der Waals surface area (Å²) in [5.41, 5.74) is 0. The molecule has 0 heterocycles. The van der Waals surface area contributed by atoms with Crippen LogP contribution in [0.2, 0.25) is 5.02 Å². The first-order valence-corrected chi connectivity index (χ1v) is 8.29. The molecule has 3 nitrogen and oxygen atoms in total. The minimum atomic E-state index is 0.0734. The van der Waals surface area contributed by atoms with E-state index in [1.54, 1.807) is 0 Å². The summed E-state index contributed by atoms with van der Waals surface area (Å²) in [4.78, 5) is 0. The van der Waals surface area contributed by atoms with E-state index in [0.717, 1.165) is 36.2 Å². The third-order valence-corrected chi connectivity index (χ3v) is 4.19. The zero-order valence-electron chi connectivity index (χ0n) is 11.9. The summed E-state index contributed by atoms with van der Waals surface area (Å²) in [6, 6.07) is 6.05. The van der Waals surface area contributed by atoms with Crippen molar-refractivity contribution in [2.24, 2.45) is 0 Å². The van der Waals surface area contributed by atoms with Crippen molar-refractivity contribution >= 4 is 27.5 Å². The van der Waals surface area contributed by atoms with Crippen molar-refractivity contribution in [3.63, 3.8) is 0 Å². The van der Waals surface area contributed by atoms with Crippen molar-refractivity contribution in [2.45, 2.75) is 44.9 Å². The van der Waals surface area contributed by atoms with Crippen LogP contribution in [0, 0.1) is 0 Å². The third kappa shape index (κ3) is 3.88. The summed E-state index contributed by atoms with van der Waals surface area (Å²) in [5.74, 6) is 0.722. The Kier molecular flexibility index (Phi) is 6.15. The molecule has 1 saturated carbocycles. The molecule has 1 aromatic rings. The van der Waals surface area contributed by atoms with Crippen LogP contribution in [0.15, 0.2) is 22.7 Å². The van der Waals surface area contributed by atoms with Gasteiger partial charge in [-0.2, -0.15) is 0 Å². The fraction of sp³-hybridized carbons (Fsp3) is 0.600. The van der Waals surface area contributed by atoms with Crippen LogP contribution in [0.5, 0.6) is 5.75 Å². The van der Waals surface area contributed by atoms with E-state index < -0.39 is 0 Å². The molecular weight excluding hydrogens is 342 g/mol. The molecule has 3 unspecified atom stereocenters. The second-order valence-electron chi connectivity index (χ2n) is 4.97. The molecule has 0 radical (unpaired) electrons. The highest BCUT2D eigenvalue weighted by molar-refractivity contribution is 9.10. The van der Waals surface area contributed by atoms with Crippen molar-refractivity contribution in [1.82, 2.24) is 5.32 Å². The Morgan fingerprint density at radius 3 is 2.85 bits per heavy atom. The lowest BCUT2D eigenvalue weighted by atomic mass is 9.85. The Bertz CT molecular complexity index is 444. The fourth-order valence-corrected chi connectivity index (χ4v) is 3.09. The van der Waals surface area contributed by atoms with E-state index in [2.05, 4.69) is 35.1 Å². The number of ether oxygens (including phenoxy) is 2. The molecule has 2 rings (SSSR count). The topological polar surface area (TPSA) is 30.5 Å². The molecule has 1 N–H and O–H groups in total. The maximum Gasteiger partial charge on any atom is 0.138 e. The van der Waals surface area contributed by atoms with Gasteiger partial charge < -0.3 is 14.8 Å². The Morgan fingerprint density at radius 1 is 1.40 bits per heavy atom. The van der Waals surface area contributed by atoms with Crippen LogP contribution in [-0.4, -0.2) is 31.4 Å². The highest BCUT2D eigenvalue weighted by Crippen LogP contribution is 2.34. The number of hydrogen-bond donors (Lipinski definition) is 1. The van der Waals surface area contributed by atoms with Gasteiger partial charge in [0.15, 0.2) is 0 Å². The van der Waals surface area contributed by atoms with E-state index >= 15 is 0 Å². The van der Waals surface area contributed by atoms with Gasteiger partial charge in [0.2, 0.25) is 0 Å². The SMILES string of the molecule is CCCOC1C(NCC)CC1Oc1ccc(Br)cc1Cl. The van der Waals surface area contributed by atoms with Crippen molar-refractivity contribution in [2.75, 3.05) is 13.2 Å². The van der Waals surface area contributed by atoms with Crippen LogP contribution in [0.1, 0.15) is 26.7 Å². The predicted octanol–water partition coefficient (Wildman–Crippen LogP) is 4.03. The molecule has 0 amide bonds. The normalized spacial score (nSPS) is 25.3. The molecule has 1 aliphatic rings. The Labute approximate surface area is 134 Å². The van der Waals surface area contributed by atoms with Crippen LogP contribution in [-0.2, 0) is 4.74 Å². The first-order chi connectivity index (χ1) is 9.65. The first-order valence-electron chi connectivity index (χ1n) is 7.12. The number of likely N-dealkylation sites (N-methyl/N-ethyl adjacent to an activating group) is 1. The van der Waals surface area contributed by atoms with Crippen LogP contribution >= 0.6 is 27.5 Å². The summed E-state index contributed by atoms with van der Waals surface area (Å²) >= 11 is 9.59. The van der Waals surface area contributed by atoms with Gasteiger partial charge in [0.25, 0.3) is 0 Å². The predicted molar refractivity (Wildman–Crippen MR) is 85.7 cm³/mol. The van der Waals surface area contributed by atoms with Gasteiger partial charge in [0.05, 0.1) is 5.02 Å². The van der Waals surface area contributed by atoms with E-state index in [4.69, 9.17) is 21.1 Å². The summed E-state index contributed by atoms with van der Waals surface area (Å²) in [7, 11) is 0. The molecule has 1 aliphatic carbocycles. The lowest BCUT2D eigenvalue weighted by Crippen LogP contribution is -2.61. The molecule has 0 aliphatic heterocycles. The van der Waals surface area contributed by atoms with Gasteiger partial charge in [-0.25, -0.2) is 0 Å². The monoisotopic (exact) mass is 361 g/mol. The van der Waals surface area contributed by atoms with Crippen molar-refractivity contribution < 1.29 is 9.47 Å². The van der Waals surface area contributed by atoms with Crippen molar-refractivity contribution in [3.8, 4) is 5.75 Å². The first kappa shape index (κ1) is 16.1. The Morgan fingerprint density at radius 2 is 2.20 bits per heavy atom. The van der Waals surface area contributed by atoms with Gasteiger partial charge in [-0.05, 0) is 31.2 Å². The highest BCUT2D eigenvalue weighted by Gasteiger charge is 2.43. The quantitative estimate of drug-likeness (QED) is 0.794. The smallest absolute Gasteiger partial charge is 0.138 e. The molecule has 0 aromatic heterocycles. The maximum absolute atomic E-state index is 6.19. The van der Waals surface area contributed by atoms with Gasteiger partial charge in [0, 0.05) is 23.5 Å². The van der Waals surface area contributed by atoms with Crippen LogP contribution in [0.4, 0.5) is 0 Å². The maximum atomic E-state index is 6.19. The third-order valence-electron chi connectivity index (χ3n) is 3.40. The number of halogens is 2. The molecule has 3 atom stereocenters. The molecule has 112 valence electrons. The average molecular weight is 363 g/mol. The second kappa shape index (κ2) is 7.64. The summed E-state index contributed by atoms with van der Waals surface area (Å²) in [6.07, 6.45) is 2.15. The minimum absolute atomic E-state index is 0.0734. The van der Waals surface area contributed by atoms with E-state index in [0.29, 0.717) is 11.1 Å².